The topological polar surface area (TPSA) is 114 Å². The number of nitrogens with zero attached hydrogens (tertiary/aromatic N) is 4. The first-order valence-corrected chi connectivity index (χ1v) is 13.0. The summed E-state index contributed by atoms with van der Waals surface area (Å²) in [5.41, 5.74) is 1.45. The van der Waals surface area contributed by atoms with Gasteiger partial charge in [0.15, 0.2) is 11.5 Å². The predicted molar refractivity (Wildman–Crippen MR) is 126 cm³/mol. The number of rotatable bonds is 6. The van der Waals surface area contributed by atoms with Crippen LogP contribution in [0.25, 0.3) is 0 Å². The van der Waals surface area contributed by atoms with Gasteiger partial charge in [-0.05, 0) is 42.0 Å². The number of amides is 1. The zero-order valence-corrected chi connectivity index (χ0v) is 20.2. The Bertz CT molecular complexity index is 1310. The number of hydrogen-bond donors (Lipinski definition) is 1. The van der Waals surface area contributed by atoms with Gasteiger partial charge in [-0.2, -0.15) is 4.31 Å². The van der Waals surface area contributed by atoms with Crippen LogP contribution in [0.5, 0.6) is 11.5 Å². The molecule has 0 atom stereocenters. The summed E-state index contributed by atoms with van der Waals surface area (Å²) in [5, 5.41) is 10.8. The predicted octanol–water partition coefficient (Wildman–Crippen LogP) is 2.68. The van der Waals surface area contributed by atoms with Crippen molar-refractivity contribution >= 4 is 44.0 Å². The number of hydrogen-bond acceptors (Lipinski definition) is 9. The van der Waals surface area contributed by atoms with Crippen LogP contribution in [-0.2, 0) is 16.6 Å². The van der Waals surface area contributed by atoms with Crippen molar-refractivity contribution in [3.63, 3.8) is 0 Å². The molecule has 2 aromatic carbocycles. The van der Waals surface area contributed by atoms with E-state index in [0.717, 1.165) is 28.4 Å². The van der Waals surface area contributed by atoms with E-state index in [4.69, 9.17) is 21.1 Å². The Morgan fingerprint density at radius 1 is 1.03 bits per heavy atom. The molecule has 0 saturated carbocycles. The first-order chi connectivity index (χ1) is 16.4. The average Bonchev–Trinajstić information content (AvgIpc) is 3.49. The molecule has 2 aliphatic heterocycles. The van der Waals surface area contributed by atoms with E-state index in [1.165, 1.54) is 4.31 Å². The lowest BCUT2D eigenvalue weighted by Gasteiger charge is -2.33. The number of carbonyl (C=O) groups excluding carboxylic acids is 1. The van der Waals surface area contributed by atoms with Crippen molar-refractivity contribution in [2.75, 3.05) is 38.3 Å². The van der Waals surface area contributed by atoms with Crippen LogP contribution in [0.3, 0.4) is 0 Å². The van der Waals surface area contributed by atoms with Gasteiger partial charge in [0, 0.05) is 43.3 Å². The summed E-state index contributed by atoms with van der Waals surface area (Å²) in [6, 6.07) is 12.2. The zero-order valence-electron chi connectivity index (χ0n) is 17.8. The van der Waals surface area contributed by atoms with Crippen molar-refractivity contribution in [3.8, 4) is 11.5 Å². The standard InChI is InChI=1S/C21H20ClN5O5S2/c22-16-4-2-15(3-5-16)19(28)23-20-24-25-21(33-20)34(29,30)27-9-7-26(8-10-27)12-14-1-6-17-18(11-14)32-13-31-17/h1-6,11H,7-10,12-13H2,(H,23,24,28). The number of nitrogens with one attached hydrogen (secondary N) is 1. The molecule has 34 heavy (non-hydrogen) atoms. The number of ether oxygens (including phenoxy) is 2. The molecule has 3 heterocycles. The molecule has 0 unspecified atom stereocenters. The molecule has 0 radical (unpaired) electrons. The second-order valence-electron chi connectivity index (χ2n) is 7.70. The Morgan fingerprint density at radius 3 is 2.53 bits per heavy atom. The van der Waals surface area contributed by atoms with Crippen molar-refractivity contribution in [2.24, 2.45) is 0 Å². The van der Waals surface area contributed by atoms with Crippen LogP contribution in [0.1, 0.15) is 15.9 Å². The lowest BCUT2D eigenvalue weighted by Crippen LogP contribution is -2.48. The summed E-state index contributed by atoms with van der Waals surface area (Å²) in [6.45, 7) is 2.73. The molecule has 0 bridgehead atoms. The lowest BCUT2D eigenvalue weighted by atomic mass is 10.2. The smallest absolute Gasteiger partial charge is 0.272 e. The summed E-state index contributed by atoms with van der Waals surface area (Å²) < 4.78 is 38.1. The normalized spacial score (nSPS) is 16.5. The van der Waals surface area contributed by atoms with Gasteiger partial charge < -0.3 is 9.47 Å². The molecule has 1 saturated heterocycles. The highest BCUT2D eigenvalue weighted by Crippen LogP contribution is 2.33. The SMILES string of the molecule is O=C(Nc1nnc(S(=O)(=O)N2CCN(Cc3ccc4c(c3)OCO4)CC2)s1)c1ccc(Cl)cc1. The molecule has 5 rings (SSSR count). The number of aromatic nitrogens is 2. The summed E-state index contributed by atoms with van der Waals surface area (Å²) in [4.78, 5) is 14.5. The summed E-state index contributed by atoms with van der Waals surface area (Å²) >= 11 is 6.66. The Labute approximate surface area is 205 Å². The van der Waals surface area contributed by atoms with Gasteiger partial charge in [-0.3, -0.25) is 15.0 Å². The van der Waals surface area contributed by atoms with Crippen LogP contribution in [0.15, 0.2) is 46.8 Å². The summed E-state index contributed by atoms with van der Waals surface area (Å²) in [6.07, 6.45) is 0. The Kier molecular flexibility index (Phi) is 6.40. The van der Waals surface area contributed by atoms with Crippen LogP contribution < -0.4 is 14.8 Å². The number of halogens is 1. The molecule has 178 valence electrons. The van der Waals surface area contributed by atoms with Gasteiger partial charge in [0.05, 0.1) is 0 Å². The zero-order chi connectivity index (χ0) is 23.7. The number of carbonyl (C=O) groups is 1. The molecule has 3 aromatic rings. The molecule has 2 aliphatic rings. The van der Waals surface area contributed by atoms with Crippen LogP contribution in [0.4, 0.5) is 5.13 Å². The molecule has 10 nitrogen and oxygen atoms in total. The van der Waals surface area contributed by atoms with Crippen molar-refractivity contribution < 1.29 is 22.7 Å². The van der Waals surface area contributed by atoms with Crippen molar-refractivity contribution in [1.29, 1.82) is 0 Å². The number of benzene rings is 2. The Balaban J connectivity index is 1.18. The highest BCUT2D eigenvalue weighted by Gasteiger charge is 2.32. The molecular weight excluding hydrogens is 502 g/mol. The molecule has 1 amide bonds. The maximum absolute atomic E-state index is 13.0. The van der Waals surface area contributed by atoms with E-state index in [1.807, 2.05) is 18.2 Å². The third kappa shape index (κ3) is 4.86. The van der Waals surface area contributed by atoms with Gasteiger partial charge in [-0.25, -0.2) is 8.42 Å². The molecule has 0 aliphatic carbocycles. The fourth-order valence-corrected chi connectivity index (χ4v) is 6.25. The minimum atomic E-state index is -3.81. The summed E-state index contributed by atoms with van der Waals surface area (Å²) in [5.74, 6) is 1.04. The average molecular weight is 522 g/mol. The molecule has 1 N–H and O–H groups in total. The maximum Gasteiger partial charge on any atom is 0.272 e. The number of fused-ring (bicyclic) bond motifs is 1. The van der Waals surface area contributed by atoms with Gasteiger partial charge in [0.1, 0.15) is 0 Å². The summed E-state index contributed by atoms with van der Waals surface area (Å²) in [7, 11) is -3.81. The number of piperazine rings is 1. The molecule has 13 heteroatoms. The number of sulfonamides is 1. The Morgan fingerprint density at radius 2 is 1.76 bits per heavy atom. The van der Waals surface area contributed by atoms with Crippen LogP contribution >= 0.6 is 22.9 Å². The molecule has 0 spiro atoms. The second-order valence-corrected chi connectivity index (χ2v) is 11.2. The van der Waals surface area contributed by atoms with Gasteiger partial charge >= 0.3 is 0 Å². The minimum Gasteiger partial charge on any atom is -0.454 e. The van der Waals surface area contributed by atoms with Crippen molar-refractivity contribution in [2.45, 2.75) is 10.9 Å². The third-order valence-corrected chi connectivity index (χ3v) is 8.80. The van der Waals surface area contributed by atoms with E-state index >= 15 is 0 Å². The van der Waals surface area contributed by atoms with Crippen LogP contribution in [0, 0.1) is 0 Å². The van der Waals surface area contributed by atoms with Crippen LogP contribution in [-0.4, -0.2) is 66.7 Å². The second kappa shape index (κ2) is 9.47. The first-order valence-electron chi connectivity index (χ1n) is 10.4. The van der Waals surface area contributed by atoms with Gasteiger partial charge in [0.25, 0.3) is 15.9 Å². The molecule has 1 aromatic heterocycles. The van der Waals surface area contributed by atoms with E-state index in [9.17, 15) is 13.2 Å². The van der Waals surface area contributed by atoms with E-state index in [1.54, 1.807) is 24.3 Å². The van der Waals surface area contributed by atoms with E-state index in [2.05, 4.69) is 20.4 Å². The maximum atomic E-state index is 13.0. The van der Waals surface area contributed by atoms with E-state index < -0.39 is 15.9 Å². The van der Waals surface area contributed by atoms with Crippen molar-refractivity contribution in [3.05, 3.63) is 58.6 Å². The molecule has 1 fully saturated rings. The first kappa shape index (κ1) is 23.0. The van der Waals surface area contributed by atoms with Gasteiger partial charge in [-0.1, -0.05) is 29.0 Å². The third-order valence-electron chi connectivity index (χ3n) is 5.47. The number of anilines is 1. The monoisotopic (exact) mass is 521 g/mol. The minimum absolute atomic E-state index is 0.111. The van der Waals surface area contributed by atoms with Gasteiger partial charge in [-0.15, -0.1) is 10.2 Å². The fraction of sp³-hybridized carbons (Fsp3) is 0.286. The highest BCUT2D eigenvalue weighted by molar-refractivity contribution is 7.91. The molecular formula is C21H20ClN5O5S2. The lowest BCUT2D eigenvalue weighted by molar-refractivity contribution is 0.102. The van der Waals surface area contributed by atoms with Crippen LogP contribution in [0.2, 0.25) is 5.02 Å². The van der Waals surface area contributed by atoms with E-state index in [0.29, 0.717) is 43.3 Å². The largest absolute Gasteiger partial charge is 0.454 e. The van der Waals surface area contributed by atoms with E-state index in [-0.39, 0.29) is 16.3 Å². The fourth-order valence-electron chi connectivity index (χ4n) is 3.67. The highest BCUT2D eigenvalue weighted by atomic mass is 35.5. The Hall–Kier alpha value is -2.77. The van der Waals surface area contributed by atoms with Gasteiger partial charge in [0.2, 0.25) is 16.3 Å². The quantitative estimate of drug-likeness (QED) is 0.492. The van der Waals surface area contributed by atoms with Crippen molar-refractivity contribution in [1.82, 2.24) is 19.4 Å².